The second-order valence-electron chi connectivity index (χ2n) is 5.59. The zero-order valence-corrected chi connectivity index (χ0v) is 14.5. The van der Waals surface area contributed by atoms with Crippen molar-refractivity contribution in [3.63, 3.8) is 0 Å². The maximum absolute atomic E-state index is 12.9. The number of aryl methyl sites for hydroxylation is 2. The van der Waals surface area contributed by atoms with Gasteiger partial charge in [0.1, 0.15) is 0 Å². The first-order valence-corrected chi connectivity index (χ1v) is 8.97. The van der Waals surface area contributed by atoms with Crippen molar-refractivity contribution in [1.29, 1.82) is 0 Å². The molecule has 0 saturated heterocycles. The van der Waals surface area contributed by atoms with Gasteiger partial charge >= 0.3 is 0 Å². The molecule has 0 aliphatic rings. The van der Waals surface area contributed by atoms with E-state index in [0.29, 0.717) is 0 Å². The molecule has 0 spiro atoms. The number of rotatable bonds is 4. The topological polar surface area (TPSA) is 72.2 Å². The van der Waals surface area contributed by atoms with Crippen molar-refractivity contribution in [2.24, 2.45) is 0 Å². The quantitative estimate of drug-likeness (QED) is 0.780. The lowest BCUT2D eigenvalue weighted by molar-refractivity contribution is 0.580. The zero-order valence-electron chi connectivity index (χ0n) is 13.7. The van der Waals surface area contributed by atoms with Crippen LogP contribution in [-0.4, -0.2) is 20.4 Å². The molecular formula is C18H18N2O3S. The Balaban J connectivity index is 2.12. The van der Waals surface area contributed by atoms with Crippen LogP contribution in [0.5, 0.6) is 0 Å². The number of benzene rings is 2. The molecule has 3 rings (SSSR count). The van der Waals surface area contributed by atoms with Crippen molar-refractivity contribution in [3.05, 3.63) is 59.7 Å². The molecule has 0 aliphatic heterocycles. The molecule has 3 aromatic rings. The average Bonchev–Trinajstić information content (AvgIpc) is 3.00. The molecule has 0 radical (unpaired) electrons. The van der Waals surface area contributed by atoms with Gasteiger partial charge < -0.3 is 9.73 Å². The third kappa shape index (κ3) is 2.92. The second-order valence-corrected chi connectivity index (χ2v) is 7.45. The van der Waals surface area contributed by atoms with Crippen molar-refractivity contribution >= 4 is 15.7 Å². The van der Waals surface area contributed by atoms with Gasteiger partial charge in [-0.05, 0) is 43.7 Å². The van der Waals surface area contributed by atoms with Crippen molar-refractivity contribution in [2.45, 2.75) is 23.8 Å². The Hall–Kier alpha value is -2.60. The highest BCUT2D eigenvalue weighted by Gasteiger charge is 2.28. The summed E-state index contributed by atoms with van der Waals surface area (Å²) in [5, 5.41) is 2.67. The van der Waals surface area contributed by atoms with Crippen molar-refractivity contribution in [2.75, 3.05) is 12.4 Å². The summed E-state index contributed by atoms with van der Waals surface area (Å²) in [5.74, 6) is 0.401. The third-order valence-electron chi connectivity index (χ3n) is 3.68. The van der Waals surface area contributed by atoms with Gasteiger partial charge in [-0.1, -0.05) is 29.8 Å². The number of hydrogen-bond donors (Lipinski definition) is 1. The van der Waals surface area contributed by atoms with Crippen molar-refractivity contribution in [3.8, 4) is 11.5 Å². The van der Waals surface area contributed by atoms with E-state index >= 15 is 0 Å². The van der Waals surface area contributed by atoms with E-state index in [4.69, 9.17) is 4.42 Å². The molecule has 1 aromatic heterocycles. The largest absolute Gasteiger partial charge is 0.419 e. The summed E-state index contributed by atoms with van der Waals surface area (Å²) in [6.45, 7) is 3.82. The lowest BCUT2D eigenvalue weighted by atomic mass is 10.1. The number of aromatic nitrogens is 1. The molecule has 6 heteroatoms. The number of hydrogen-bond acceptors (Lipinski definition) is 5. The molecule has 5 nitrogen and oxygen atoms in total. The van der Waals surface area contributed by atoms with Crippen LogP contribution in [0.4, 0.5) is 5.88 Å². The normalized spacial score (nSPS) is 11.5. The Kier molecular flexibility index (Phi) is 4.15. The smallest absolute Gasteiger partial charge is 0.233 e. The number of anilines is 1. The van der Waals surface area contributed by atoms with Crippen LogP contribution in [0.15, 0.2) is 62.9 Å². The van der Waals surface area contributed by atoms with Crippen LogP contribution in [0.2, 0.25) is 0 Å². The van der Waals surface area contributed by atoms with Gasteiger partial charge in [0.2, 0.25) is 26.6 Å². The number of oxazole rings is 1. The number of sulfone groups is 1. The lowest BCUT2D eigenvalue weighted by Gasteiger charge is -2.03. The molecule has 0 bridgehead atoms. The molecule has 0 aliphatic carbocycles. The fourth-order valence-corrected chi connectivity index (χ4v) is 3.77. The number of nitrogens with zero attached hydrogens (tertiary/aromatic N) is 1. The molecule has 0 fully saturated rings. The van der Waals surface area contributed by atoms with Crippen molar-refractivity contribution in [1.82, 2.24) is 4.98 Å². The summed E-state index contributed by atoms with van der Waals surface area (Å²) in [5.41, 5.74) is 2.69. The van der Waals surface area contributed by atoms with Crippen LogP contribution >= 0.6 is 0 Å². The van der Waals surface area contributed by atoms with Gasteiger partial charge in [-0.2, -0.15) is 4.98 Å². The first kappa shape index (κ1) is 16.3. The molecule has 0 unspecified atom stereocenters. The van der Waals surface area contributed by atoms with E-state index in [1.165, 1.54) is 0 Å². The number of nitrogens with one attached hydrogen (secondary N) is 1. The van der Waals surface area contributed by atoms with Gasteiger partial charge in [0.15, 0.2) is 0 Å². The molecule has 1 heterocycles. The van der Waals surface area contributed by atoms with E-state index in [2.05, 4.69) is 10.3 Å². The van der Waals surface area contributed by atoms with Gasteiger partial charge in [0.25, 0.3) is 0 Å². The Labute approximate surface area is 141 Å². The maximum atomic E-state index is 12.9. The molecule has 1 N–H and O–H groups in total. The fraction of sp³-hybridized carbons (Fsp3) is 0.167. The standard InChI is InChI=1S/C18H18N2O3S/c1-12-7-9-14(10-8-12)16-20-18(17(19-3)23-16)24(21,22)15-6-4-5-13(2)11-15/h4-11,19H,1-3H3. The molecule has 0 atom stereocenters. The first-order chi connectivity index (χ1) is 11.4. The van der Waals surface area contributed by atoms with E-state index in [0.717, 1.165) is 16.7 Å². The van der Waals surface area contributed by atoms with Crippen LogP contribution in [0, 0.1) is 13.8 Å². The summed E-state index contributed by atoms with van der Waals surface area (Å²) in [4.78, 5) is 4.44. The molecule has 124 valence electrons. The lowest BCUT2D eigenvalue weighted by Crippen LogP contribution is -2.05. The molecular weight excluding hydrogens is 324 g/mol. The molecule has 0 amide bonds. The van der Waals surface area contributed by atoms with Gasteiger partial charge in [-0.15, -0.1) is 0 Å². The van der Waals surface area contributed by atoms with Crippen LogP contribution in [0.1, 0.15) is 11.1 Å². The highest BCUT2D eigenvalue weighted by Crippen LogP contribution is 2.32. The minimum atomic E-state index is -3.77. The Bertz CT molecular complexity index is 974. The monoisotopic (exact) mass is 342 g/mol. The van der Waals surface area contributed by atoms with E-state index in [9.17, 15) is 8.42 Å². The summed E-state index contributed by atoms with van der Waals surface area (Å²) < 4.78 is 31.4. The minimum absolute atomic E-state index is 0.105. The van der Waals surface area contributed by atoms with Gasteiger partial charge in [-0.3, -0.25) is 0 Å². The van der Waals surface area contributed by atoms with E-state index < -0.39 is 9.84 Å². The summed E-state index contributed by atoms with van der Waals surface area (Å²) >= 11 is 0. The third-order valence-corrected chi connectivity index (χ3v) is 5.34. The van der Waals surface area contributed by atoms with Gasteiger partial charge in [0.05, 0.1) is 4.90 Å². The minimum Gasteiger partial charge on any atom is -0.419 e. The van der Waals surface area contributed by atoms with Crippen LogP contribution in [0.3, 0.4) is 0 Å². The van der Waals surface area contributed by atoms with Crippen LogP contribution in [-0.2, 0) is 9.84 Å². The van der Waals surface area contributed by atoms with Crippen LogP contribution in [0.25, 0.3) is 11.5 Å². The summed E-state index contributed by atoms with van der Waals surface area (Å²) in [6, 6.07) is 14.3. The molecule has 2 aromatic carbocycles. The predicted octanol–water partition coefficient (Wildman–Crippen LogP) is 3.83. The fourth-order valence-electron chi connectivity index (χ4n) is 2.36. The zero-order chi connectivity index (χ0) is 17.3. The van der Waals surface area contributed by atoms with Crippen LogP contribution < -0.4 is 5.32 Å². The molecule has 24 heavy (non-hydrogen) atoms. The Morgan fingerprint density at radius 1 is 1.00 bits per heavy atom. The maximum Gasteiger partial charge on any atom is 0.233 e. The van der Waals surface area contributed by atoms with Gasteiger partial charge in [0, 0.05) is 12.6 Å². The summed E-state index contributed by atoms with van der Waals surface area (Å²) in [6.07, 6.45) is 0. The Morgan fingerprint density at radius 3 is 2.33 bits per heavy atom. The van der Waals surface area contributed by atoms with E-state index in [1.54, 1.807) is 25.2 Å². The van der Waals surface area contributed by atoms with E-state index in [1.807, 2.05) is 44.2 Å². The Morgan fingerprint density at radius 2 is 1.71 bits per heavy atom. The first-order valence-electron chi connectivity index (χ1n) is 7.49. The average molecular weight is 342 g/mol. The SMILES string of the molecule is CNc1oc(-c2ccc(C)cc2)nc1S(=O)(=O)c1cccc(C)c1. The molecule has 0 saturated carbocycles. The van der Waals surface area contributed by atoms with Gasteiger partial charge in [-0.25, -0.2) is 8.42 Å². The second kappa shape index (κ2) is 6.13. The summed E-state index contributed by atoms with van der Waals surface area (Å²) in [7, 11) is -2.16. The van der Waals surface area contributed by atoms with Crippen molar-refractivity contribution < 1.29 is 12.8 Å². The highest BCUT2D eigenvalue weighted by atomic mass is 32.2. The highest BCUT2D eigenvalue weighted by molar-refractivity contribution is 7.91. The predicted molar refractivity (Wildman–Crippen MR) is 92.9 cm³/mol. The van der Waals surface area contributed by atoms with E-state index in [-0.39, 0.29) is 21.7 Å².